The summed E-state index contributed by atoms with van der Waals surface area (Å²) in [5.74, 6) is 0. The highest BCUT2D eigenvalue weighted by Crippen LogP contribution is 2.30. The summed E-state index contributed by atoms with van der Waals surface area (Å²) in [4.78, 5) is 8.08. The number of hydrogen-bond acceptors (Lipinski definition) is 3. The van der Waals surface area contributed by atoms with Crippen molar-refractivity contribution in [2.75, 3.05) is 0 Å². The standard InChI is InChI=1S/C3HBrIN4S/c4-3-6-1-2(7-3)10(5)9-8-1/h(H,6,7)/q+1. The van der Waals surface area contributed by atoms with E-state index in [1.54, 1.807) is 0 Å². The number of nitrogens with zero attached hydrogens (tertiary/aromatic N) is 3. The van der Waals surface area contributed by atoms with E-state index in [0.717, 1.165) is 9.56 Å². The van der Waals surface area contributed by atoms with E-state index in [4.69, 9.17) is 0 Å². The molecule has 0 amide bonds. The number of halogens is 2. The monoisotopic (exact) mass is 331 g/mol. The highest BCUT2D eigenvalue weighted by molar-refractivity contribution is 14.2. The molecular formula is C3HBrIN4S+. The Morgan fingerprint density at radius 3 is 3.10 bits per heavy atom. The third kappa shape index (κ3) is 0.957. The van der Waals surface area contributed by atoms with Crippen LogP contribution in [-0.2, 0) is 0 Å². The van der Waals surface area contributed by atoms with Gasteiger partial charge in [0.05, 0.1) is 4.49 Å². The van der Waals surface area contributed by atoms with Crippen molar-refractivity contribution in [3.05, 3.63) is 4.73 Å². The third-order valence-corrected chi connectivity index (χ3v) is 4.07. The highest BCUT2D eigenvalue weighted by Gasteiger charge is 2.17. The number of rotatable bonds is 0. The van der Waals surface area contributed by atoms with Crippen LogP contribution in [0.4, 0.5) is 0 Å². The van der Waals surface area contributed by atoms with E-state index in [9.17, 15) is 0 Å². The fraction of sp³-hybridized carbons (Fsp3) is 0. The van der Waals surface area contributed by atoms with Gasteiger partial charge in [0.1, 0.15) is 0 Å². The first-order chi connectivity index (χ1) is 4.77. The van der Waals surface area contributed by atoms with Crippen LogP contribution in [0.25, 0.3) is 10.5 Å². The van der Waals surface area contributed by atoms with Crippen molar-refractivity contribution in [1.82, 2.24) is 19.6 Å². The van der Waals surface area contributed by atoms with Gasteiger partial charge >= 0.3 is 26.0 Å². The molecule has 0 aliphatic rings. The minimum Gasteiger partial charge on any atom is -0.285 e. The van der Waals surface area contributed by atoms with Crippen molar-refractivity contribution in [3.8, 4) is 0 Å². The van der Waals surface area contributed by atoms with Crippen LogP contribution in [0.1, 0.15) is 0 Å². The maximum absolute atomic E-state index is 4.04. The van der Waals surface area contributed by atoms with Crippen LogP contribution in [-0.4, -0.2) is 19.6 Å². The van der Waals surface area contributed by atoms with Gasteiger partial charge in [0, 0.05) is 0 Å². The number of H-pyrrole nitrogens is 1. The molecule has 2 rings (SSSR count). The molecule has 0 saturated carbocycles. The van der Waals surface area contributed by atoms with Gasteiger partial charge in [-0.05, 0) is 15.9 Å². The van der Waals surface area contributed by atoms with Crippen LogP contribution in [0.5, 0.6) is 0 Å². The van der Waals surface area contributed by atoms with Gasteiger partial charge in [-0.3, -0.25) is 4.98 Å². The number of nitrogens with one attached hydrogen (secondary N) is 1. The Morgan fingerprint density at radius 1 is 1.60 bits per heavy atom. The van der Waals surface area contributed by atoms with Crippen LogP contribution in [0, 0.1) is 0 Å². The summed E-state index contributed by atoms with van der Waals surface area (Å²) in [6, 6.07) is 0. The molecule has 1 unspecified atom stereocenters. The molecule has 1 atom stereocenters. The molecule has 1 N–H and O–H groups in total. The molecular weight excluding hydrogens is 331 g/mol. The number of imidazole rings is 1. The Labute approximate surface area is 79.3 Å². The van der Waals surface area contributed by atoms with Gasteiger partial charge in [0.25, 0.3) is 5.65 Å². The first-order valence-electron chi connectivity index (χ1n) is 2.35. The number of aromatic amines is 1. The quantitative estimate of drug-likeness (QED) is 0.594. The van der Waals surface area contributed by atoms with Crippen LogP contribution >= 0.6 is 45.0 Å². The molecule has 0 aliphatic heterocycles. The second kappa shape index (κ2) is 2.38. The van der Waals surface area contributed by atoms with E-state index in [1.807, 2.05) is 0 Å². The Balaban J connectivity index is 2.90. The van der Waals surface area contributed by atoms with Crippen LogP contribution in [0.15, 0.2) is 4.73 Å². The average Bonchev–Trinajstić information content (AvgIpc) is 2.35. The lowest BCUT2D eigenvalue weighted by Crippen LogP contribution is -1.67. The Hall–Kier alpha value is 0.240. The summed E-state index contributed by atoms with van der Waals surface area (Å²) >= 11 is 5.43. The molecule has 4 nitrogen and oxygen atoms in total. The normalized spacial score (nSPS) is 12.8. The fourth-order valence-electron chi connectivity index (χ4n) is 0.622. The molecule has 0 fully saturated rings. The lowest BCUT2D eigenvalue weighted by Gasteiger charge is -1.67. The minimum absolute atomic E-state index is 0.147. The largest absolute Gasteiger partial charge is 0.329 e. The van der Waals surface area contributed by atoms with E-state index in [-0.39, 0.29) is 7.84 Å². The van der Waals surface area contributed by atoms with Gasteiger partial charge < -0.3 is 0 Å². The van der Waals surface area contributed by atoms with E-state index in [2.05, 4.69) is 56.7 Å². The number of hydrogen-bond donors (Lipinski definition) is 1. The van der Waals surface area contributed by atoms with Crippen molar-refractivity contribution in [2.24, 2.45) is 0 Å². The van der Waals surface area contributed by atoms with Crippen LogP contribution < -0.4 is 0 Å². The van der Waals surface area contributed by atoms with Crippen LogP contribution in [0.3, 0.4) is 0 Å². The zero-order valence-corrected chi connectivity index (χ0v) is 9.07. The summed E-state index contributed by atoms with van der Waals surface area (Å²) in [6.07, 6.45) is 0. The first kappa shape index (κ1) is 6.92. The molecule has 0 spiro atoms. The number of fused-ring (bicyclic) bond motifs is 1. The van der Waals surface area contributed by atoms with Gasteiger partial charge in [-0.1, -0.05) is 5.10 Å². The highest BCUT2D eigenvalue weighted by atomic mass is 127. The number of aromatic nitrogens is 4. The fourth-order valence-corrected chi connectivity index (χ4v) is 2.95. The summed E-state index contributed by atoms with van der Waals surface area (Å²) in [7, 11) is -0.147. The lowest BCUT2D eigenvalue weighted by atomic mass is 10.9. The summed E-state index contributed by atoms with van der Waals surface area (Å²) in [6.45, 7) is 0. The summed E-state index contributed by atoms with van der Waals surface area (Å²) in [5.41, 5.74) is 0.713. The molecule has 0 bridgehead atoms. The van der Waals surface area contributed by atoms with Crippen molar-refractivity contribution in [1.29, 1.82) is 0 Å². The zero-order valence-electron chi connectivity index (χ0n) is 4.51. The molecule has 0 aromatic carbocycles. The maximum atomic E-state index is 4.04. The molecule has 10 heavy (non-hydrogen) atoms. The predicted octanol–water partition coefficient (Wildman–Crippen LogP) is 2.06. The molecule has 0 radical (unpaired) electrons. The lowest BCUT2D eigenvalue weighted by molar-refractivity contribution is 1.15. The van der Waals surface area contributed by atoms with Crippen molar-refractivity contribution >= 4 is 55.4 Å². The molecule has 0 aliphatic carbocycles. The zero-order chi connectivity index (χ0) is 7.14. The summed E-state index contributed by atoms with van der Waals surface area (Å²) < 4.78 is 4.66. The van der Waals surface area contributed by atoms with Crippen molar-refractivity contribution in [2.45, 2.75) is 0 Å². The third-order valence-electron chi connectivity index (χ3n) is 1.000. The van der Waals surface area contributed by atoms with E-state index in [1.165, 1.54) is 0 Å². The Morgan fingerprint density at radius 2 is 2.40 bits per heavy atom. The van der Waals surface area contributed by atoms with Crippen LogP contribution in [0.2, 0.25) is 0 Å². The predicted molar refractivity (Wildman–Crippen MR) is 51.3 cm³/mol. The van der Waals surface area contributed by atoms with E-state index in [0.29, 0.717) is 5.65 Å². The molecule has 0 saturated heterocycles. The second-order valence-corrected chi connectivity index (χ2v) is 5.90. The van der Waals surface area contributed by atoms with Crippen molar-refractivity contribution < 1.29 is 0 Å². The van der Waals surface area contributed by atoms with Gasteiger partial charge in [-0.15, -0.1) is 0 Å². The first-order valence-corrected chi connectivity index (χ1v) is 6.87. The maximum Gasteiger partial charge on any atom is 0.329 e. The van der Waals surface area contributed by atoms with Gasteiger partial charge in [0.2, 0.25) is 7.84 Å². The van der Waals surface area contributed by atoms with Gasteiger partial charge in [-0.25, -0.2) is 0 Å². The van der Waals surface area contributed by atoms with E-state index >= 15 is 0 Å². The molecule has 2 aromatic heterocycles. The minimum atomic E-state index is -0.147. The Bertz CT molecular complexity index is 367. The average molecular weight is 332 g/mol. The topological polar surface area (TPSA) is 54.5 Å². The molecule has 2 heterocycles. The SMILES string of the molecule is Brc1nc2nn[s+](I)c2[nH]1. The second-order valence-electron chi connectivity index (χ2n) is 1.60. The van der Waals surface area contributed by atoms with Crippen molar-refractivity contribution in [3.63, 3.8) is 0 Å². The summed E-state index contributed by atoms with van der Waals surface area (Å²) in [5, 5.41) is 3.86. The van der Waals surface area contributed by atoms with E-state index < -0.39 is 0 Å². The Kier molecular flexibility index (Phi) is 1.65. The van der Waals surface area contributed by atoms with Gasteiger partial charge in [0.15, 0.2) is 4.73 Å². The van der Waals surface area contributed by atoms with Gasteiger partial charge in [-0.2, -0.15) is 4.98 Å². The molecule has 52 valence electrons. The molecule has 7 heteroatoms. The molecule has 2 aromatic rings. The smallest absolute Gasteiger partial charge is 0.285 e.